The predicted molar refractivity (Wildman–Crippen MR) is 113 cm³/mol. The molecule has 1 fully saturated rings. The minimum atomic E-state index is -3.83. The Bertz CT molecular complexity index is 1100. The predicted octanol–water partition coefficient (Wildman–Crippen LogP) is 3.89. The maximum atomic E-state index is 13.4. The summed E-state index contributed by atoms with van der Waals surface area (Å²) in [4.78, 5) is 8.77. The van der Waals surface area contributed by atoms with Crippen LogP contribution in [0.1, 0.15) is 5.56 Å². The lowest BCUT2D eigenvalue weighted by molar-refractivity contribution is 0.305. The summed E-state index contributed by atoms with van der Waals surface area (Å²) >= 11 is 5.98. The number of hydrogen-bond acceptors (Lipinski definition) is 6. The van der Waals surface area contributed by atoms with E-state index in [1.807, 2.05) is 18.9 Å². The molecule has 0 N–H and O–H groups in total. The Morgan fingerprint density at radius 3 is 2.21 bits per heavy atom. The summed E-state index contributed by atoms with van der Waals surface area (Å²) in [6, 6.07) is 13.8. The lowest BCUT2D eigenvalue weighted by Gasteiger charge is -2.32. The highest BCUT2D eigenvalue weighted by molar-refractivity contribution is 7.91. The van der Waals surface area contributed by atoms with E-state index >= 15 is 0 Å². The van der Waals surface area contributed by atoms with Crippen molar-refractivity contribution in [3.05, 3.63) is 59.1 Å². The first-order chi connectivity index (χ1) is 13.8. The normalized spacial score (nSPS) is 15.6. The second-order valence-corrected chi connectivity index (χ2v) is 9.54. The van der Waals surface area contributed by atoms with Gasteiger partial charge in [-0.25, -0.2) is 8.42 Å². The van der Waals surface area contributed by atoms with E-state index < -0.39 is 9.84 Å². The van der Waals surface area contributed by atoms with Crippen molar-refractivity contribution < 1.29 is 12.8 Å². The van der Waals surface area contributed by atoms with Crippen molar-refractivity contribution in [3.63, 3.8) is 0 Å². The van der Waals surface area contributed by atoms with E-state index in [2.05, 4.69) is 9.88 Å². The van der Waals surface area contributed by atoms with E-state index in [9.17, 15) is 8.42 Å². The van der Waals surface area contributed by atoms with Crippen LogP contribution in [0.15, 0.2) is 62.9 Å². The maximum absolute atomic E-state index is 13.4. The Balaban J connectivity index is 1.82. The average Bonchev–Trinajstić information content (AvgIpc) is 3.16. The number of oxazole rings is 1. The van der Waals surface area contributed by atoms with Crippen LogP contribution in [0.3, 0.4) is 0 Å². The molecule has 6 nitrogen and oxygen atoms in total. The number of piperazine rings is 1. The summed E-state index contributed by atoms with van der Waals surface area (Å²) in [7, 11) is -1.79. The Labute approximate surface area is 175 Å². The van der Waals surface area contributed by atoms with E-state index in [4.69, 9.17) is 16.0 Å². The van der Waals surface area contributed by atoms with Crippen LogP contribution in [0, 0.1) is 6.92 Å². The number of aryl methyl sites for hydroxylation is 1. The molecule has 1 saturated heterocycles. The minimum absolute atomic E-state index is 0.0455. The largest absolute Gasteiger partial charge is 0.419 e. The molecule has 0 radical (unpaired) electrons. The highest BCUT2D eigenvalue weighted by atomic mass is 35.5. The van der Waals surface area contributed by atoms with Crippen molar-refractivity contribution in [2.75, 3.05) is 38.1 Å². The lowest BCUT2D eigenvalue weighted by atomic mass is 10.2. The summed E-state index contributed by atoms with van der Waals surface area (Å²) in [6.07, 6.45) is 0. The fourth-order valence-electron chi connectivity index (χ4n) is 3.23. The van der Waals surface area contributed by atoms with Gasteiger partial charge in [-0.05, 0) is 50.4 Å². The molecule has 4 rings (SSSR count). The molecule has 3 aromatic rings. The molecule has 2 aromatic carbocycles. The third-order valence-corrected chi connectivity index (χ3v) is 6.97. The number of hydrogen-bond donors (Lipinski definition) is 0. The van der Waals surface area contributed by atoms with Crippen molar-refractivity contribution in [2.45, 2.75) is 16.8 Å². The monoisotopic (exact) mass is 431 g/mol. The van der Waals surface area contributed by atoms with Gasteiger partial charge in [0, 0.05) is 36.8 Å². The molecule has 0 spiro atoms. The summed E-state index contributed by atoms with van der Waals surface area (Å²) in [5.74, 6) is 0.560. The summed E-state index contributed by atoms with van der Waals surface area (Å²) in [5, 5.41) is 0.544. The van der Waals surface area contributed by atoms with Crippen LogP contribution in [0.5, 0.6) is 0 Å². The highest BCUT2D eigenvalue weighted by Gasteiger charge is 2.32. The van der Waals surface area contributed by atoms with Crippen molar-refractivity contribution in [2.24, 2.45) is 0 Å². The molecule has 0 amide bonds. The smallest absolute Gasteiger partial charge is 0.236 e. The molecular weight excluding hydrogens is 410 g/mol. The first kappa shape index (κ1) is 19.9. The summed E-state index contributed by atoms with van der Waals surface area (Å²) in [5.41, 5.74) is 1.67. The first-order valence-corrected chi connectivity index (χ1v) is 11.2. The van der Waals surface area contributed by atoms with Gasteiger partial charge >= 0.3 is 0 Å². The third-order valence-electron chi connectivity index (χ3n) is 5.05. The molecule has 1 aromatic heterocycles. The molecule has 152 valence electrons. The number of likely N-dealkylation sites (N-methyl/N-ethyl adjacent to an activating group) is 1. The number of rotatable bonds is 4. The van der Waals surface area contributed by atoms with Gasteiger partial charge in [-0.15, -0.1) is 0 Å². The number of halogens is 1. The Kier molecular flexibility index (Phi) is 5.38. The van der Waals surface area contributed by atoms with Gasteiger partial charge in [-0.1, -0.05) is 29.3 Å². The van der Waals surface area contributed by atoms with Gasteiger partial charge in [0.2, 0.25) is 26.6 Å². The highest BCUT2D eigenvalue weighted by Crippen LogP contribution is 2.35. The molecule has 8 heteroatoms. The SMILES string of the molecule is Cc1ccc(S(=O)(=O)c2nc(-c3ccc(Cl)cc3)oc2N2CCN(C)CC2)cc1. The molecule has 0 unspecified atom stereocenters. The van der Waals surface area contributed by atoms with Crippen LogP contribution in [0.4, 0.5) is 5.88 Å². The summed E-state index contributed by atoms with van der Waals surface area (Å²) < 4.78 is 32.8. The minimum Gasteiger partial charge on any atom is -0.419 e. The average molecular weight is 432 g/mol. The van der Waals surface area contributed by atoms with Crippen LogP contribution in [0.2, 0.25) is 5.02 Å². The molecule has 1 aliphatic rings. The van der Waals surface area contributed by atoms with Gasteiger partial charge in [-0.3, -0.25) is 0 Å². The van der Waals surface area contributed by atoms with E-state index in [1.54, 1.807) is 48.5 Å². The van der Waals surface area contributed by atoms with Crippen molar-refractivity contribution >= 4 is 27.3 Å². The molecular formula is C21H22ClN3O3S. The Morgan fingerprint density at radius 1 is 0.966 bits per heavy atom. The van der Waals surface area contributed by atoms with E-state index in [0.29, 0.717) is 29.6 Å². The van der Waals surface area contributed by atoms with E-state index in [0.717, 1.165) is 18.7 Å². The zero-order valence-corrected chi connectivity index (χ0v) is 17.9. The topological polar surface area (TPSA) is 66.7 Å². The molecule has 0 bridgehead atoms. The maximum Gasteiger partial charge on any atom is 0.236 e. The van der Waals surface area contributed by atoms with Gasteiger partial charge in [0.15, 0.2) is 0 Å². The number of aromatic nitrogens is 1. The molecule has 2 heterocycles. The Morgan fingerprint density at radius 2 is 1.59 bits per heavy atom. The molecule has 0 saturated carbocycles. The third kappa shape index (κ3) is 4.03. The second-order valence-electron chi connectivity index (χ2n) is 7.24. The van der Waals surface area contributed by atoms with Crippen LogP contribution in [0.25, 0.3) is 11.5 Å². The first-order valence-electron chi connectivity index (χ1n) is 9.36. The standard InChI is InChI=1S/C21H22ClN3O3S/c1-15-3-9-18(10-4-15)29(26,27)20-21(25-13-11-24(2)12-14-25)28-19(23-20)16-5-7-17(22)8-6-16/h3-10H,11-14H2,1-2H3. The lowest BCUT2D eigenvalue weighted by Crippen LogP contribution is -2.44. The summed E-state index contributed by atoms with van der Waals surface area (Å²) in [6.45, 7) is 4.90. The van der Waals surface area contributed by atoms with Gasteiger partial charge in [0.05, 0.1) is 4.90 Å². The fourth-order valence-corrected chi connectivity index (χ4v) is 4.67. The van der Waals surface area contributed by atoms with Crippen molar-refractivity contribution in [1.82, 2.24) is 9.88 Å². The van der Waals surface area contributed by atoms with Crippen LogP contribution >= 0.6 is 11.6 Å². The van der Waals surface area contributed by atoms with E-state index in [-0.39, 0.29) is 15.8 Å². The fraction of sp³-hybridized carbons (Fsp3) is 0.286. The van der Waals surface area contributed by atoms with Gasteiger partial charge < -0.3 is 14.2 Å². The van der Waals surface area contributed by atoms with E-state index in [1.165, 1.54) is 0 Å². The van der Waals surface area contributed by atoms with Crippen molar-refractivity contribution in [1.29, 1.82) is 0 Å². The van der Waals surface area contributed by atoms with Gasteiger partial charge in [0.25, 0.3) is 0 Å². The second kappa shape index (κ2) is 7.82. The van der Waals surface area contributed by atoms with Crippen LogP contribution < -0.4 is 4.90 Å². The molecule has 29 heavy (non-hydrogen) atoms. The number of benzene rings is 2. The zero-order valence-electron chi connectivity index (χ0n) is 16.3. The molecule has 0 atom stereocenters. The number of nitrogens with zero attached hydrogens (tertiary/aromatic N) is 3. The van der Waals surface area contributed by atoms with Gasteiger partial charge in [-0.2, -0.15) is 4.98 Å². The quantitative estimate of drug-likeness (QED) is 0.624. The number of sulfone groups is 1. The van der Waals surface area contributed by atoms with Crippen LogP contribution in [-0.4, -0.2) is 51.5 Å². The van der Waals surface area contributed by atoms with Crippen LogP contribution in [-0.2, 0) is 9.84 Å². The Hall–Kier alpha value is -2.35. The number of anilines is 1. The van der Waals surface area contributed by atoms with Gasteiger partial charge in [0.1, 0.15) is 0 Å². The molecule has 0 aliphatic carbocycles. The molecule has 1 aliphatic heterocycles. The zero-order chi connectivity index (χ0) is 20.6. The van der Waals surface area contributed by atoms with Crippen molar-refractivity contribution in [3.8, 4) is 11.5 Å².